The minimum atomic E-state index is -2.71. The second kappa shape index (κ2) is 20.5. The molecule has 0 fully saturated rings. The third-order valence-corrected chi connectivity index (χ3v) is 28.6. The molecule has 4 heterocycles. The summed E-state index contributed by atoms with van der Waals surface area (Å²) >= 11 is 14.6. The third-order valence-electron chi connectivity index (χ3n) is 10.1. The number of hydrogen-bond acceptors (Lipinski definition) is 6. The van der Waals surface area contributed by atoms with Crippen molar-refractivity contribution in [3.05, 3.63) is 130 Å². The van der Waals surface area contributed by atoms with Crippen LogP contribution in [-0.4, -0.2) is 38.3 Å². The fourth-order valence-electron chi connectivity index (χ4n) is 7.03. The van der Waals surface area contributed by atoms with Crippen LogP contribution in [0, 0.1) is 15.2 Å². The summed E-state index contributed by atoms with van der Waals surface area (Å²) in [6.45, 7) is 6.78. The van der Waals surface area contributed by atoms with E-state index in [-0.39, 0.29) is 22.8 Å². The molecular weight excluding hydrogens is 1040 g/mol. The largest absolute Gasteiger partial charge is 0.306 e. The second-order valence-corrected chi connectivity index (χ2v) is 31.1. The molecule has 0 aliphatic rings. The molecule has 0 atom stereocenters. The van der Waals surface area contributed by atoms with Gasteiger partial charge in [0.25, 0.3) is 5.56 Å². The standard InChI is InChI=1S/C16H8ClFN2OS.C8H4ClN2O.C8H4FIS.3C4H9.Sn/c17-8-1-3-13-11(5-8)16(21)20-15(19-13)12-7-22-14-4-2-9(18)6-10(12)14;9-5-1-2-7-6(3-5)8(12)11-4-10-7;9-5-1-2-8-6(3-5)7(10)4-11-8;3*1-3-4-2;/h1-7H,(H,19,20,21);1-3H,(H,10,11,12);1-4H;3*1,3-4H2,2H3;. The van der Waals surface area contributed by atoms with Gasteiger partial charge in [0.15, 0.2) is 0 Å². The van der Waals surface area contributed by atoms with Crippen LogP contribution in [0.3, 0.4) is 0 Å². The molecular formula is C44H43Cl2F2IN4O2S2Sn. The Labute approximate surface area is 371 Å². The first-order chi connectivity index (χ1) is 27.9. The molecule has 0 bridgehead atoms. The molecule has 0 saturated carbocycles. The summed E-state index contributed by atoms with van der Waals surface area (Å²) in [7, 11) is 0. The Hall–Kier alpha value is -2.95. The van der Waals surface area contributed by atoms with Gasteiger partial charge in [-0.3, -0.25) is 4.79 Å². The Balaban J connectivity index is 0.000000156. The van der Waals surface area contributed by atoms with Crippen LogP contribution in [0.25, 0.3) is 53.4 Å². The van der Waals surface area contributed by atoms with Crippen LogP contribution in [-0.2, 0) is 0 Å². The van der Waals surface area contributed by atoms with Crippen molar-refractivity contribution in [2.75, 3.05) is 0 Å². The Morgan fingerprint density at radius 3 is 1.71 bits per heavy atom. The molecule has 0 unspecified atom stereocenters. The first kappa shape index (κ1) is 44.6. The zero-order valence-electron chi connectivity index (χ0n) is 32.4. The summed E-state index contributed by atoms with van der Waals surface area (Å²) in [6.07, 6.45) is 7.41. The number of rotatable bonds is 11. The molecule has 0 saturated heterocycles. The summed E-state index contributed by atoms with van der Waals surface area (Å²) < 4.78 is 34.4. The summed E-state index contributed by atoms with van der Waals surface area (Å²) in [5.41, 5.74) is 1.78. The van der Waals surface area contributed by atoms with E-state index in [1.165, 1.54) is 81.4 Å². The molecule has 4 aromatic carbocycles. The molecule has 0 spiro atoms. The molecule has 8 rings (SSSR count). The van der Waals surface area contributed by atoms with Gasteiger partial charge in [0.1, 0.15) is 17.5 Å². The van der Waals surface area contributed by atoms with Gasteiger partial charge in [-0.25, -0.2) is 13.8 Å². The van der Waals surface area contributed by atoms with Crippen molar-refractivity contribution in [3.8, 4) is 11.4 Å². The van der Waals surface area contributed by atoms with Crippen LogP contribution in [0.5, 0.6) is 0 Å². The van der Waals surface area contributed by atoms with Crippen LogP contribution in [0.4, 0.5) is 8.78 Å². The molecule has 58 heavy (non-hydrogen) atoms. The Bertz CT molecular complexity index is 2790. The number of unbranched alkanes of at least 4 members (excludes halogenated alkanes) is 3. The van der Waals surface area contributed by atoms with E-state index >= 15 is 0 Å². The summed E-state index contributed by atoms with van der Waals surface area (Å²) in [5.74, 6) is -0.0486. The molecule has 0 radical (unpaired) electrons. The van der Waals surface area contributed by atoms with Gasteiger partial charge in [-0.05, 0) is 77.2 Å². The van der Waals surface area contributed by atoms with E-state index in [0.29, 0.717) is 37.7 Å². The van der Waals surface area contributed by atoms with Gasteiger partial charge in [0.2, 0.25) is 0 Å². The minimum Gasteiger partial charge on any atom is -0.306 e. The molecule has 0 amide bonds. The zero-order chi connectivity index (χ0) is 41.4. The van der Waals surface area contributed by atoms with E-state index in [1.54, 1.807) is 47.7 Å². The third kappa shape index (κ3) is 10.7. The maximum atomic E-state index is 13.5. The van der Waals surface area contributed by atoms with Crippen molar-refractivity contribution >= 4 is 133 Å². The molecule has 6 nitrogen and oxygen atoms in total. The van der Waals surface area contributed by atoms with Crippen molar-refractivity contribution in [2.45, 2.75) is 72.6 Å². The van der Waals surface area contributed by atoms with Gasteiger partial charge in [-0.15, -0.1) is 22.7 Å². The van der Waals surface area contributed by atoms with Gasteiger partial charge in [-0.2, -0.15) is 0 Å². The van der Waals surface area contributed by atoms with Gasteiger partial charge in [0, 0.05) is 45.1 Å². The number of aromatic amines is 2. The van der Waals surface area contributed by atoms with Crippen LogP contribution >= 0.6 is 68.5 Å². The number of H-pyrrole nitrogens is 2. The number of fused-ring (bicyclic) bond motifs is 4. The van der Waals surface area contributed by atoms with Crippen LogP contribution in [0.2, 0.25) is 23.4 Å². The predicted octanol–water partition coefficient (Wildman–Crippen LogP) is 13.9. The van der Waals surface area contributed by atoms with Crippen molar-refractivity contribution < 1.29 is 8.78 Å². The number of aromatic nitrogens is 4. The van der Waals surface area contributed by atoms with Crippen molar-refractivity contribution in [1.82, 2.24) is 19.9 Å². The molecule has 2 N–H and O–H groups in total. The zero-order valence-corrected chi connectivity index (χ0v) is 40.5. The van der Waals surface area contributed by atoms with Crippen molar-refractivity contribution in [1.29, 1.82) is 0 Å². The number of thiophene rings is 2. The molecule has 8 aromatic rings. The summed E-state index contributed by atoms with van der Waals surface area (Å²) in [6, 6.07) is 19.9. The Kier molecular flexibility index (Phi) is 15.8. The molecule has 4 aromatic heterocycles. The summed E-state index contributed by atoms with van der Waals surface area (Å²) in [4.78, 5) is 40.3. The van der Waals surface area contributed by atoms with Gasteiger partial charge in [-0.1, -0.05) is 11.6 Å². The number of nitrogens with one attached hydrogen (secondary N) is 2. The fourth-order valence-corrected chi connectivity index (χ4v) is 25.2. The predicted molar refractivity (Wildman–Crippen MR) is 255 cm³/mol. The molecule has 0 aliphatic heterocycles. The maximum absolute atomic E-state index is 13.5. The topological polar surface area (TPSA) is 91.5 Å². The monoisotopic (exact) mass is 1080 g/mol. The number of benzene rings is 4. The smallest absolute Gasteiger partial charge is 0.259 e. The first-order valence-electron chi connectivity index (χ1n) is 19.3. The van der Waals surface area contributed by atoms with E-state index < -0.39 is 18.4 Å². The van der Waals surface area contributed by atoms with Gasteiger partial charge in [0.05, 0.1) is 10.9 Å². The van der Waals surface area contributed by atoms with Gasteiger partial charge < -0.3 is 4.98 Å². The fraction of sp³-hybridized carbons (Fsp3) is 0.273. The van der Waals surface area contributed by atoms with Crippen molar-refractivity contribution in [2.24, 2.45) is 0 Å². The first-order valence-corrected chi connectivity index (χ1v) is 30.4. The molecule has 0 aliphatic carbocycles. The van der Waals surface area contributed by atoms with Crippen molar-refractivity contribution in [3.63, 3.8) is 0 Å². The normalized spacial score (nSPS) is 11.5. The van der Waals surface area contributed by atoms with Crippen LogP contribution < -0.4 is 15.0 Å². The number of hydrogen-bond donors (Lipinski definition) is 2. The van der Waals surface area contributed by atoms with Gasteiger partial charge >= 0.3 is 161 Å². The quantitative estimate of drug-likeness (QED) is 0.0997. The van der Waals surface area contributed by atoms with E-state index in [1.807, 2.05) is 29.0 Å². The molecule has 14 heteroatoms. The number of halogens is 5. The van der Waals surface area contributed by atoms with E-state index in [0.717, 1.165) is 33.1 Å². The van der Waals surface area contributed by atoms with E-state index in [2.05, 4.69) is 58.3 Å². The number of nitrogens with zero attached hydrogens (tertiary/aromatic N) is 2. The van der Waals surface area contributed by atoms with E-state index in [9.17, 15) is 18.4 Å². The molecule has 302 valence electrons. The average molecular weight is 1080 g/mol. The summed E-state index contributed by atoms with van der Waals surface area (Å²) in [5, 5.41) is 7.77. The Morgan fingerprint density at radius 2 is 1.14 bits per heavy atom. The average Bonchev–Trinajstić information content (AvgIpc) is 3.81. The van der Waals surface area contributed by atoms with Crippen LogP contribution in [0.15, 0.2) is 93.1 Å². The maximum Gasteiger partial charge on any atom is 0.259 e. The van der Waals surface area contributed by atoms with E-state index in [4.69, 9.17) is 28.2 Å². The second-order valence-electron chi connectivity index (χ2n) is 14.3. The van der Waals surface area contributed by atoms with Crippen LogP contribution in [0.1, 0.15) is 59.3 Å². The SMILES string of the molecule is CCC[CH2][Sn]([CH2]CCC)([CH2]CCC)[c]1nc2ccc(Cl)cc2c(=O)[nH]1.Fc1ccc2scc(I)c2c1.O=c1[nH]c(-c2csc3ccc(F)cc23)nc2ccc(Cl)cc12. The Morgan fingerprint density at radius 1 is 0.638 bits per heavy atom. The minimum absolute atomic E-state index is 0.0203.